The first-order chi connectivity index (χ1) is 23.8. The minimum Gasteiger partial charge on any atom is -0.598 e. The molecule has 1 aromatic rings. The molecule has 7 aliphatic rings. The number of allylic oxidation sites excluding steroid dienone is 3. The van der Waals surface area contributed by atoms with Crippen molar-refractivity contribution < 1.29 is 14.5 Å². The van der Waals surface area contributed by atoms with Crippen LogP contribution in [0.5, 0.6) is 0 Å². The van der Waals surface area contributed by atoms with E-state index in [0.29, 0.717) is 45.5 Å². The van der Waals surface area contributed by atoms with E-state index in [1.807, 2.05) is 18.4 Å². The second-order valence-electron chi connectivity index (χ2n) is 19.0. The van der Waals surface area contributed by atoms with Crippen molar-refractivity contribution in [2.75, 3.05) is 45.5 Å². The summed E-state index contributed by atoms with van der Waals surface area (Å²) in [6.07, 6.45) is 17.4. The molecule has 1 aromatic carbocycles. The van der Waals surface area contributed by atoms with Crippen LogP contribution in [0.15, 0.2) is 42.5 Å². The minimum absolute atomic E-state index is 0.256. The van der Waals surface area contributed by atoms with Gasteiger partial charge < -0.3 is 19.9 Å². The largest absolute Gasteiger partial charge is 0.598 e. The van der Waals surface area contributed by atoms with E-state index >= 15 is 0 Å². The van der Waals surface area contributed by atoms with Gasteiger partial charge in [-0.25, -0.2) is 4.79 Å². The Bertz CT molecular complexity index is 1520. The quantitative estimate of drug-likeness (QED) is 0.212. The maximum Gasteiger partial charge on any atom is 0.335 e. The lowest BCUT2D eigenvalue weighted by atomic mass is 9.38. The van der Waals surface area contributed by atoms with E-state index in [2.05, 4.69) is 54.9 Å². The predicted molar refractivity (Wildman–Crippen MR) is 204 cm³/mol. The fourth-order valence-corrected chi connectivity index (χ4v) is 15.3. The summed E-state index contributed by atoms with van der Waals surface area (Å²) in [5.74, 6) is 3.99. The molecule has 8 rings (SSSR count). The van der Waals surface area contributed by atoms with Gasteiger partial charge >= 0.3 is 5.97 Å². The number of likely N-dealkylation sites (tertiary alicyclic amines) is 1. The molecule has 4 saturated carbocycles. The maximum atomic E-state index is 11.9. The van der Waals surface area contributed by atoms with Gasteiger partial charge in [-0.1, -0.05) is 51.1 Å². The zero-order chi connectivity index (χ0) is 35.2. The third kappa shape index (κ3) is 5.53. The molecule has 7 heteroatoms. The smallest absolute Gasteiger partial charge is 0.335 e. The molecular weight excluding hydrogens is 639 g/mol. The zero-order valence-electron chi connectivity index (χ0n) is 31.5. The zero-order valence-corrected chi connectivity index (χ0v) is 32.3. The Morgan fingerprint density at radius 1 is 1.00 bits per heavy atom. The van der Waals surface area contributed by atoms with Gasteiger partial charge in [0.05, 0.1) is 18.7 Å². The van der Waals surface area contributed by atoms with Crippen molar-refractivity contribution in [3.05, 3.63) is 53.6 Å². The van der Waals surface area contributed by atoms with Crippen molar-refractivity contribution in [1.82, 2.24) is 14.5 Å². The number of aromatic carboxylic acids is 1. The molecule has 0 amide bonds. The first kappa shape index (κ1) is 35.4. The van der Waals surface area contributed by atoms with Crippen LogP contribution in [0.25, 0.3) is 5.57 Å². The van der Waals surface area contributed by atoms with Gasteiger partial charge in [0.1, 0.15) is 6.26 Å². The van der Waals surface area contributed by atoms with E-state index in [-0.39, 0.29) is 5.54 Å². The van der Waals surface area contributed by atoms with Gasteiger partial charge in [-0.05, 0) is 153 Å². The number of fused-ring (bicyclic) bond motifs is 7. The topological polar surface area (TPSA) is 78.9 Å². The van der Waals surface area contributed by atoms with Gasteiger partial charge in [-0.2, -0.15) is 0 Å². The van der Waals surface area contributed by atoms with Crippen LogP contribution in [0.3, 0.4) is 0 Å². The molecule has 274 valence electrons. The highest BCUT2D eigenvalue weighted by Gasteiger charge is 2.65. The number of carboxylic acids is 1. The molecular formula is C43H63N3O3S. The third-order valence-electron chi connectivity index (χ3n) is 16.7. The lowest BCUT2D eigenvalue weighted by molar-refractivity contribution is -0.167. The lowest BCUT2D eigenvalue weighted by Crippen LogP contribution is -2.64. The summed E-state index contributed by atoms with van der Waals surface area (Å²) in [5, 5.41) is 13.8. The lowest BCUT2D eigenvalue weighted by Gasteiger charge is -2.67. The Kier molecular flexibility index (Phi) is 9.02. The standard InChI is InChI=1S/C43H63N3O3S/c1-28(2)32-14-19-43(44-22-24-45-23-21-42(25-45)26-46(27-42)50(6)49)20-16-36-34(38(32)43)11-12-37-40(4)17-13-33(29(3)35(40)15-18-41(36,37)5)30-7-9-31(10-8-30)39(47)48/h7-10,13,29,32,34-38,44H,1,11-12,14-27H2,2-6H3,(H,47,48)/t29?,32-,34-,35?,36?,37?,38?,40-,41-,43-,50?/m0/s1. The number of carboxylic acid groups (broad SMARTS) is 1. The summed E-state index contributed by atoms with van der Waals surface area (Å²) in [6, 6.07) is 7.63. The number of rotatable bonds is 8. The fraction of sp³-hybridized carbons (Fsp3) is 0.744. The fourth-order valence-electron chi connectivity index (χ4n) is 14.4. The monoisotopic (exact) mass is 701 g/mol. The molecule has 0 bridgehead atoms. The van der Waals surface area contributed by atoms with E-state index in [4.69, 9.17) is 0 Å². The molecule has 0 radical (unpaired) electrons. The SMILES string of the molecule is C=C(C)[C@@H]1CC[C@]2(NCCN3CCC4(C3)CN([S+](C)[O-])C4)CCC3[C@H](CCC4[C@@]5(C)CC=C(c6ccc(C(=O)O)cc6)C(C)C5CC[C@@]34C)C12. The first-order valence-electron chi connectivity index (χ1n) is 20.0. The van der Waals surface area contributed by atoms with Gasteiger partial charge in [0.25, 0.3) is 0 Å². The average Bonchev–Trinajstić information content (AvgIpc) is 3.67. The number of nitrogens with zero attached hydrogens (tertiary/aromatic N) is 2. The van der Waals surface area contributed by atoms with Gasteiger partial charge in [0.2, 0.25) is 0 Å². The highest BCUT2D eigenvalue weighted by Crippen LogP contribution is 2.71. The van der Waals surface area contributed by atoms with E-state index in [1.165, 1.54) is 87.6 Å². The van der Waals surface area contributed by atoms with Crippen LogP contribution >= 0.6 is 0 Å². The first-order valence-corrected chi connectivity index (χ1v) is 21.6. The van der Waals surface area contributed by atoms with Crippen LogP contribution in [-0.2, 0) is 11.4 Å². The highest BCUT2D eigenvalue weighted by molar-refractivity contribution is 7.88. The maximum absolute atomic E-state index is 11.9. The van der Waals surface area contributed by atoms with E-state index in [1.54, 1.807) is 12.1 Å². The summed E-state index contributed by atoms with van der Waals surface area (Å²) < 4.78 is 14.1. The Morgan fingerprint density at radius 2 is 1.72 bits per heavy atom. The summed E-state index contributed by atoms with van der Waals surface area (Å²) in [5.41, 5.74) is 5.77. The molecule has 6 fully saturated rings. The predicted octanol–water partition coefficient (Wildman–Crippen LogP) is 7.90. The normalized spacial score (nSPS) is 42.8. The molecule has 2 aliphatic heterocycles. The van der Waals surface area contributed by atoms with E-state index in [9.17, 15) is 14.5 Å². The molecule has 6 nitrogen and oxygen atoms in total. The van der Waals surface area contributed by atoms with Crippen LogP contribution in [0, 0.1) is 57.7 Å². The summed E-state index contributed by atoms with van der Waals surface area (Å²) in [7, 11) is 0. The van der Waals surface area contributed by atoms with Crippen LogP contribution < -0.4 is 5.32 Å². The Labute approximate surface area is 305 Å². The molecule has 6 unspecified atom stereocenters. The molecule has 11 atom stereocenters. The molecule has 1 spiro atoms. The molecule has 2 heterocycles. The molecule has 50 heavy (non-hydrogen) atoms. The number of hydrogen-bond donors (Lipinski definition) is 2. The van der Waals surface area contributed by atoms with Crippen LogP contribution in [0.1, 0.15) is 108 Å². The van der Waals surface area contributed by atoms with E-state index in [0.717, 1.165) is 50.4 Å². The highest BCUT2D eigenvalue weighted by atomic mass is 32.2. The summed E-state index contributed by atoms with van der Waals surface area (Å²) in [4.78, 5) is 14.2. The van der Waals surface area contributed by atoms with Gasteiger partial charge in [-0.15, -0.1) is 4.31 Å². The van der Waals surface area contributed by atoms with Gasteiger partial charge in [0, 0.05) is 42.0 Å². The van der Waals surface area contributed by atoms with Crippen LogP contribution in [0.4, 0.5) is 0 Å². The van der Waals surface area contributed by atoms with Crippen molar-refractivity contribution in [2.24, 2.45) is 57.7 Å². The average molecular weight is 702 g/mol. The molecule has 2 N–H and O–H groups in total. The van der Waals surface area contributed by atoms with Crippen LogP contribution in [-0.4, -0.2) is 75.9 Å². The molecule has 0 aromatic heterocycles. The number of nitrogens with one attached hydrogen (secondary N) is 1. The number of carbonyl (C=O) groups is 1. The number of hydrogen-bond acceptors (Lipinski definition) is 5. The summed E-state index contributed by atoms with van der Waals surface area (Å²) >= 11 is -0.826. The van der Waals surface area contributed by atoms with Crippen molar-refractivity contribution in [2.45, 2.75) is 97.4 Å². The second-order valence-corrected chi connectivity index (χ2v) is 20.3. The summed E-state index contributed by atoms with van der Waals surface area (Å²) in [6.45, 7) is 21.4. The number of benzene rings is 1. The second kappa shape index (κ2) is 12.7. The van der Waals surface area contributed by atoms with Crippen molar-refractivity contribution in [1.29, 1.82) is 0 Å². The van der Waals surface area contributed by atoms with E-state index < -0.39 is 17.3 Å². The third-order valence-corrected chi connectivity index (χ3v) is 17.7. The van der Waals surface area contributed by atoms with Crippen molar-refractivity contribution in [3.63, 3.8) is 0 Å². The van der Waals surface area contributed by atoms with Gasteiger partial charge in [-0.3, -0.25) is 0 Å². The molecule has 5 aliphatic carbocycles. The van der Waals surface area contributed by atoms with Crippen molar-refractivity contribution in [3.8, 4) is 0 Å². The van der Waals surface area contributed by atoms with Crippen molar-refractivity contribution >= 4 is 22.9 Å². The minimum atomic E-state index is -0.853. The molecule has 2 saturated heterocycles. The Balaban J connectivity index is 0.976. The Hall–Kier alpha value is -1.64. The van der Waals surface area contributed by atoms with Gasteiger partial charge in [0.15, 0.2) is 0 Å². The van der Waals surface area contributed by atoms with Crippen LogP contribution in [0.2, 0.25) is 0 Å². The Morgan fingerprint density at radius 3 is 2.42 bits per heavy atom.